The molecular weight excluding hydrogens is 300 g/mol. The fourth-order valence-corrected chi connectivity index (χ4v) is 2.90. The molecule has 120 valence electrons. The Bertz CT molecular complexity index is 658. The number of aryl methyl sites for hydroxylation is 2. The van der Waals surface area contributed by atoms with Crippen molar-refractivity contribution < 1.29 is 9.21 Å². The van der Waals surface area contributed by atoms with E-state index >= 15 is 0 Å². The summed E-state index contributed by atoms with van der Waals surface area (Å²) in [5, 5.41) is 4.39. The molecule has 1 aliphatic heterocycles. The minimum absolute atomic E-state index is 0. The second-order valence-electron chi connectivity index (χ2n) is 5.81. The van der Waals surface area contributed by atoms with E-state index in [2.05, 4.69) is 31.3 Å². The first-order valence-electron chi connectivity index (χ1n) is 7.61. The number of rotatable bonds is 2. The lowest BCUT2D eigenvalue weighted by molar-refractivity contribution is -0.130. The normalized spacial score (nSPS) is 15.5. The summed E-state index contributed by atoms with van der Waals surface area (Å²) in [4.78, 5) is 14.4. The minimum Gasteiger partial charge on any atom is -0.464 e. The number of hydrogen-bond donors (Lipinski definition) is 1. The molecule has 0 aliphatic carbocycles. The molecule has 1 aromatic carbocycles. The number of furan rings is 1. The van der Waals surface area contributed by atoms with E-state index in [9.17, 15) is 4.79 Å². The maximum Gasteiger partial charge on any atom is 0.227 e. The molecule has 0 bridgehead atoms. The highest BCUT2D eigenvalue weighted by molar-refractivity contribution is 5.89. The van der Waals surface area contributed by atoms with Crippen molar-refractivity contribution in [1.82, 2.24) is 10.2 Å². The molecule has 1 fully saturated rings. The lowest BCUT2D eigenvalue weighted by Gasteiger charge is -2.19. The van der Waals surface area contributed by atoms with E-state index in [0.717, 1.165) is 54.7 Å². The van der Waals surface area contributed by atoms with Gasteiger partial charge in [0.2, 0.25) is 5.91 Å². The fraction of sp³-hybridized carbons (Fsp3) is 0.471. The molecule has 0 saturated carbocycles. The van der Waals surface area contributed by atoms with Crippen molar-refractivity contribution in [1.29, 1.82) is 0 Å². The van der Waals surface area contributed by atoms with Gasteiger partial charge in [-0.15, -0.1) is 12.4 Å². The van der Waals surface area contributed by atoms with Crippen LogP contribution in [-0.2, 0) is 11.2 Å². The number of halogens is 1. The van der Waals surface area contributed by atoms with Crippen LogP contribution >= 0.6 is 12.4 Å². The van der Waals surface area contributed by atoms with E-state index in [1.54, 1.807) is 6.26 Å². The summed E-state index contributed by atoms with van der Waals surface area (Å²) in [6.45, 7) is 7.67. The van der Waals surface area contributed by atoms with Gasteiger partial charge in [-0.1, -0.05) is 12.1 Å². The predicted octanol–water partition coefficient (Wildman–Crippen LogP) is 2.84. The molecule has 0 atom stereocenters. The summed E-state index contributed by atoms with van der Waals surface area (Å²) in [7, 11) is 0. The number of hydrogen-bond acceptors (Lipinski definition) is 3. The summed E-state index contributed by atoms with van der Waals surface area (Å²) in [6.07, 6.45) is 3.19. The Kier molecular flexibility index (Phi) is 5.48. The Labute approximate surface area is 137 Å². The van der Waals surface area contributed by atoms with Crippen molar-refractivity contribution in [3.63, 3.8) is 0 Å². The maximum atomic E-state index is 12.5. The highest BCUT2D eigenvalue weighted by atomic mass is 35.5. The van der Waals surface area contributed by atoms with Crippen molar-refractivity contribution in [2.45, 2.75) is 26.7 Å². The van der Waals surface area contributed by atoms with Crippen molar-refractivity contribution in [3.05, 3.63) is 35.1 Å². The second kappa shape index (κ2) is 7.16. The van der Waals surface area contributed by atoms with E-state index < -0.39 is 0 Å². The molecular formula is C17H23ClN2O2. The van der Waals surface area contributed by atoms with Gasteiger partial charge in [-0.3, -0.25) is 4.79 Å². The van der Waals surface area contributed by atoms with Crippen LogP contribution in [0.5, 0.6) is 0 Å². The molecule has 2 aromatic rings. The van der Waals surface area contributed by atoms with E-state index in [0.29, 0.717) is 6.42 Å². The highest BCUT2D eigenvalue weighted by Crippen LogP contribution is 2.27. The maximum absolute atomic E-state index is 12.5. The zero-order valence-corrected chi connectivity index (χ0v) is 14.0. The zero-order chi connectivity index (χ0) is 14.8. The molecule has 1 amide bonds. The van der Waals surface area contributed by atoms with Gasteiger partial charge in [-0.05, 0) is 37.9 Å². The molecule has 1 aliphatic rings. The van der Waals surface area contributed by atoms with E-state index in [4.69, 9.17) is 4.42 Å². The van der Waals surface area contributed by atoms with Crippen LogP contribution in [0.3, 0.4) is 0 Å². The average molecular weight is 323 g/mol. The van der Waals surface area contributed by atoms with Gasteiger partial charge in [0.05, 0.1) is 12.7 Å². The third-order valence-electron chi connectivity index (χ3n) is 4.38. The minimum atomic E-state index is 0. The molecule has 3 rings (SSSR count). The van der Waals surface area contributed by atoms with Gasteiger partial charge in [-0.2, -0.15) is 0 Å². The number of carbonyl (C=O) groups excluding carboxylic acids is 1. The SMILES string of the molecule is Cc1ccc2c(CC(=O)N3CCCNCC3)coc2c1C.Cl. The zero-order valence-electron chi connectivity index (χ0n) is 13.1. The van der Waals surface area contributed by atoms with Gasteiger partial charge in [0, 0.05) is 30.6 Å². The second-order valence-corrected chi connectivity index (χ2v) is 5.81. The Morgan fingerprint density at radius 3 is 2.91 bits per heavy atom. The van der Waals surface area contributed by atoms with Crippen LogP contribution in [0.2, 0.25) is 0 Å². The molecule has 2 heterocycles. The van der Waals surface area contributed by atoms with Crippen LogP contribution < -0.4 is 5.32 Å². The largest absolute Gasteiger partial charge is 0.464 e. The van der Waals surface area contributed by atoms with E-state index in [1.165, 1.54) is 5.56 Å². The number of nitrogens with one attached hydrogen (secondary N) is 1. The van der Waals surface area contributed by atoms with Crippen molar-refractivity contribution in [2.24, 2.45) is 0 Å². The molecule has 4 nitrogen and oxygen atoms in total. The smallest absolute Gasteiger partial charge is 0.227 e. The van der Waals surface area contributed by atoms with E-state index in [-0.39, 0.29) is 18.3 Å². The number of carbonyl (C=O) groups is 1. The van der Waals surface area contributed by atoms with Crippen LogP contribution in [0.15, 0.2) is 22.8 Å². The monoisotopic (exact) mass is 322 g/mol. The first kappa shape index (κ1) is 16.8. The van der Waals surface area contributed by atoms with Gasteiger partial charge in [-0.25, -0.2) is 0 Å². The Morgan fingerprint density at radius 1 is 1.27 bits per heavy atom. The first-order chi connectivity index (χ1) is 10.2. The first-order valence-corrected chi connectivity index (χ1v) is 7.61. The Morgan fingerprint density at radius 2 is 2.09 bits per heavy atom. The molecule has 22 heavy (non-hydrogen) atoms. The fourth-order valence-electron chi connectivity index (χ4n) is 2.90. The van der Waals surface area contributed by atoms with Crippen LogP contribution in [0.4, 0.5) is 0 Å². The Hall–Kier alpha value is -1.52. The van der Waals surface area contributed by atoms with Gasteiger partial charge in [0.15, 0.2) is 0 Å². The molecule has 5 heteroatoms. The van der Waals surface area contributed by atoms with E-state index in [1.807, 2.05) is 4.90 Å². The van der Waals surface area contributed by atoms with Gasteiger partial charge in [0.1, 0.15) is 5.58 Å². The number of benzene rings is 1. The van der Waals surface area contributed by atoms with Crippen LogP contribution in [0.25, 0.3) is 11.0 Å². The molecule has 1 N–H and O–H groups in total. The molecule has 1 aromatic heterocycles. The van der Waals surface area contributed by atoms with Gasteiger partial charge < -0.3 is 14.6 Å². The summed E-state index contributed by atoms with van der Waals surface area (Å²) in [5.74, 6) is 0.194. The molecule has 0 radical (unpaired) electrons. The number of fused-ring (bicyclic) bond motifs is 1. The third-order valence-corrected chi connectivity index (χ3v) is 4.38. The van der Waals surface area contributed by atoms with Crippen molar-refractivity contribution in [3.8, 4) is 0 Å². The topological polar surface area (TPSA) is 45.5 Å². The molecule has 0 unspecified atom stereocenters. The molecule has 1 saturated heterocycles. The number of amides is 1. The molecule has 0 spiro atoms. The predicted molar refractivity (Wildman–Crippen MR) is 90.7 cm³/mol. The van der Waals surface area contributed by atoms with Crippen molar-refractivity contribution in [2.75, 3.05) is 26.2 Å². The van der Waals surface area contributed by atoms with Gasteiger partial charge in [0.25, 0.3) is 0 Å². The lowest BCUT2D eigenvalue weighted by Crippen LogP contribution is -2.35. The van der Waals surface area contributed by atoms with Crippen LogP contribution in [0.1, 0.15) is 23.1 Å². The lowest BCUT2D eigenvalue weighted by atomic mass is 10.0. The quantitative estimate of drug-likeness (QED) is 0.924. The average Bonchev–Trinajstić information content (AvgIpc) is 2.71. The third kappa shape index (κ3) is 3.28. The summed E-state index contributed by atoms with van der Waals surface area (Å²) in [5.41, 5.74) is 4.28. The van der Waals surface area contributed by atoms with Crippen LogP contribution in [-0.4, -0.2) is 37.0 Å². The van der Waals surface area contributed by atoms with Crippen molar-refractivity contribution >= 4 is 29.3 Å². The Balaban J connectivity index is 0.00000176. The summed E-state index contributed by atoms with van der Waals surface area (Å²) < 4.78 is 5.69. The summed E-state index contributed by atoms with van der Waals surface area (Å²) in [6, 6.07) is 4.16. The standard InChI is InChI=1S/C17H22N2O2.ClH/c1-12-4-5-15-14(11-21-17(15)13(12)2)10-16(20)19-8-3-6-18-7-9-19;/h4-5,11,18H,3,6-10H2,1-2H3;1H. The number of nitrogens with zero attached hydrogens (tertiary/aromatic N) is 1. The summed E-state index contributed by atoms with van der Waals surface area (Å²) >= 11 is 0. The van der Waals surface area contributed by atoms with Gasteiger partial charge >= 0.3 is 0 Å². The highest BCUT2D eigenvalue weighted by Gasteiger charge is 2.18. The van der Waals surface area contributed by atoms with Crippen LogP contribution in [0, 0.1) is 13.8 Å².